The van der Waals surface area contributed by atoms with Gasteiger partial charge in [-0.2, -0.15) is 18.4 Å². The van der Waals surface area contributed by atoms with Crippen molar-refractivity contribution in [3.8, 4) is 6.07 Å². The van der Waals surface area contributed by atoms with Crippen LogP contribution in [-0.4, -0.2) is 54.9 Å². The number of nitriles is 1. The van der Waals surface area contributed by atoms with Crippen LogP contribution in [0.1, 0.15) is 40.2 Å². The molecule has 11 heteroatoms. The fraction of sp³-hybridized carbons (Fsp3) is 0.478. The number of aryl methyl sites for hydroxylation is 1. The fourth-order valence-electron chi connectivity index (χ4n) is 5.09. The highest BCUT2D eigenvalue weighted by atomic mass is 19.4. The minimum Gasteiger partial charge on any atom is -0.438 e. The maximum Gasteiger partial charge on any atom is 0.417 e. The van der Waals surface area contributed by atoms with Crippen molar-refractivity contribution < 1.29 is 27.2 Å². The number of halogens is 3. The minimum atomic E-state index is -4.63. The number of hydrogen-bond acceptors (Lipinski definition) is 6. The first-order valence-corrected chi connectivity index (χ1v) is 10.9. The second-order valence-electron chi connectivity index (χ2n) is 8.81. The average Bonchev–Trinajstić information content (AvgIpc) is 3.41. The molecule has 0 bridgehead atoms. The summed E-state index contributed by atoms with van der Waals surface area (Å²) in [5.41, 5.74) is -1.04. The number of rotatable bonds is 3. The molecule has 2 aromatic rings. The molecule has 2 aliphatic rings. The summed E-state index contributed by atoms with van der Waals surface area (Å²) in [6.07, 6.45) is -2.39. The lowest BCUT2D eigenvalue weighted by atomic mass is 9.70. The van der Waals surface area contributed by atoms with E-state index >= 15 is 0 Å². The maximum atomic E-state index is 13.4. The van der Waals surface area contributed by atoms with Gasteiger partial charge < -0.3 is 19.5 Å². The van der Waals surface area contributed by atoms with E-state index in [-0.39, 0.29) is 24.1 Å². The number of anilines is 1. The molecule has 2 saturated heterocycles. The molecule has 34 heavy (non-hydrogen) atoms. The van der Waals surface area contributed by atoms with Crippen molar-refractivity contribution in [3.05, 3.63) is 47.2 Å². The van der Waals surface area contributed by atoms with Gasteiger partial charge in [-0.05, 0) is 38.0 Å². The second kappa shape index (κ2) is 8.66. The Hall–Kier alpha value is -3.55. The van der Waals surface area contributed by atoms with Gasteiger partial charge in [0.15, 0.2) is 6.39 Å². The standard InChI is InChI=1S/C23H24F3N5O3/c1-14-19(34-13-29-14)21(33)31-11-18(20(32)28-2)22(12-31)5-7-30(8-6-22)16-4-3-15(10-27)17(9-16)23(24,25)26/h3-4,9,13,18H,5-8,11-12H2,1-2H3,(H,28,32). The second-order valence-corrected chi connectivity index (χ2v) is 8.81. The highest BCUT2D eigenvalue weighted by molar-refractivity contribution is 5.93. The van der Waals surface area contributed by atoms with E-state index < -0.39 is 28.6 Å². The summed E-state index contributed by atoms with van der Waals surface area (Å²) in [6, 6.07) is 5.30. The van der Waals surface area contributed by atoms with Crippen LogP contribution in [0.2, 0.25) is 0 Å². The van der Waals surface area contributed by atoms with Crippen LogP contribution in [0.15, 0.2) is 29.0 Å². The van der Waals surface area contributed by atoms with Crippen molar-refractivity contribution >= 4 is 17.5 Å². The Bertz CT molecular complexity index is 1150. The van der Waals surface area contributed by atoms with E-state index in [1.807, 2.05) is 4.90 Å². The van der Waals surface area contributed by atoms with Gasteiger partial charge in [-0.3, -0.25) is 9.59 Å². The molecule has 0 aliphatic carbocycles. The van der Waals surface area contributed by atoms with Gasteiger partial charge in [0, 0.05) is 44.3 Å². The normalized spacial score (nSPS) is 19.8. The smallest absolute Gasteiger partial charge is 0.417 e. The highest BCUT2D eigenvalue weighted by Gasteiger charge is 2.52. The molecule has 3 heterocycles. The molecular weight excluding hydrogens is 451 g/mol. The molecule has 4 rings (SSSR count). The van der Waals surface area contributed by atoms with Crippen molar-refractivity contribution in [2.45, 2.75) is 25.9 Å². The number of piperidine rings is 1. The molecular formula is C23H24F3N5O3. The Morgan fingerprint density at radius 2 is 2.00 bits per heavy atom. The Balaban J connectivity index is 1.56. The van der Waals surface area contributed by atoms with Crippen molar-refractivity contribution in [1.82, 2.24) is 15.2 Å². The molecule has 1 atom stereocenters. The lowest BCUT2D eigenvalue weighted by molar-refractivity contribution is -0.137. The molecule has 0 radical (unpaired) electrons. The van der Waals surface area contributed by atoms with E-state index in [1.165, 1.54) is 18.5 Å². The number of nitrogens with zero attached hydrogens (tertiary/aromatic N) is 4. The topological polar surface area (TPSA) is 102 Å². The summed E-state index contributed by atoms with van der Waals surface area (Å²) in [5.74, 6) is -0.804. The van der Waals surface area contributed by atoms with Crippen LogP contribution in [-0.2, 0) is 11.0 Å². The number of amides is 2. The third-order valence-electron chi connectivity index (χ3n) is 6.99. The van der Waals surface area contributed by atoms with Crippen molar-refractivity contribution in [2.24, 2.45) is 11.3 Å². The minimum absolute atomic E-state index is 0.141. The van der Waals surface area contributed by atoms with Gasteiger partial charge in [0.2, 0.25) is 11.7 Å². The number of likely N-dealkylation sites (tertiary alicyclic amines) is 1. The van der Waals surface area contributed by atoms with Gasteiger partial charge in [0.05, 0.1) is 28.8 Å². The maximum absolute atomic E-state index is 13.4. The van der Waals surface area contributed by atoms with Gasteiger partial charge in [-0.1, -0.05) is 0 Å². The molecule has 1 N–H and O–H groups in total. The SMILES string of the molecule is CNC(=O)C1CN(C(=O)c2ocnc2C)CC12CCN(c1ccc(C#N)c(C(F)(F)F)c1)CC2. The predicted octanol–water partition coefficient (Wildman–Crippen LogP) is 2.98. The van der Waals surface area contributed by atoms with Gasteiger partial charge in [-0.25, -0.2) is 4.98 Å². The lowest BCUT2D eigenvalue weighted by Gasteiger charge is -2.42. The lowest BCUT2D eigenvalue weighted by Crippen LogP contribution is -2.48. The third kappa shape index (κ3) is 4.08. The zero-order chi connectivity index (χ0) is 24.7. The Morgan fingerprint density at radius 1 is 1.29 bits per heavy atom. The average molecular weight is 475 g/mol. The Morgan fingerprint density at radius 3 is 2.56 bits per heavy atom. The number of alkyl halides is 3. The summed E-state index contributed by atoms with van der Waals surface area (Å²) in [7, 11) is 1.55. The van der Waals surface area contributed by atoms with Crippen LogP contribution >= 0.6 is 0 Å². The Kier molecular flexibility index (Phi) is 6.02. The van der Waals surface area contributed by atoms with E-state index in [2.05, 4.69) is 10.3 Å². The monoisotopic (exact) mass is 475 g/mol. The van der Waals surface area contributed by atoms with E-state index in [9.17, 15) is 22.8 Å². The third-order valence-corrected chi connectivity index (χ3v) is 6.99. The zero-order valence-corrected chi connectivity index (χ0v) is 18.8. The first-order valence-electron chi connectivity index (χ1n) is 10.9. The van der Waals surface area contributed by atoms with Gasteiger partial charge in [0.25, 0.3) is 5.91 Å². The highest BCUT2D eigenvalue weighted by Crippen LogP contribution is 2.46. The predicted molar refractivity (Wildman–Crippen MR) is 115 cm³/mol. The molecule has 2 amide bonds. The molecule has 1 spiro atoms. The van der Waals surface area contributed by atoms with Crippen molar-refractivity contribution in [3.63, 3.8) is 0 Å². The quantitative estimate of drug-likeness (QED) is 0.732. The van der Waals surface area contributed by atoms with Gasteiger partial charge in [-0.15, -0.1) is 0 Å². The molecule has 1 unspecified atom stereocenters. The summed E-state index contributed by atoms with van der Waals surface area (Å²) in [6.45, 7) is 3.08. The van der Waals surface area contributed by atoms with E-state index in [0.29, 0.717) is 43.9 Å². The number of aromatic nitrogens is 1. The molecule has 2 fully saturated rings. The molecule has 2 aliphatic heterocycles. The number of hydrogen-bond donors (Lipinski definition) is 1. The number of nitrogens with one attached hydrogen (secondary N) is 1. The summed E-state index contributed by atoms with van der Waals surface area (Å²) in [5, 5.41) is 11.7. The fourth-order valence-corrected chi connectivity index (χ4v) is 5.09. The van der Waals surface area contributed by atoms with Gasteiger partial charge in [0.1, 0.15) is 0 Å². The van der Waals surface area contributed by atoms with Gasteiger partial charge >= 0.3 is 6.18 Å². The number of carbonyl (C=O) groups is 2. The summed E-state index contributed by atoms with van der Waals surface area (Å²) in [4.78, 5) is 33.1. The van der Waals surface area contributed by atoms with E-state index in [0.717, 1.165) is 6.07 Å². The molecule has 0 saturated carbocycles. The van der Waals surface area contributed by atoms with Crippen LogP contribution < -0.4 is 10.2 Å². The molecule has 1 aromatic heterocycles. The Labute approximate surface area is 194 Å². The van der Waals surface area contributed by atoms with E-state index in [1.54, 1.807) is 24.9 Å². The molecule has 8 nitrogen and oxygen atoms in total. The zero-order valence-electron chi connectivity index (χ0n) is 18.8. The first-order chi connectivity index (χ1) is 16.1. The molecule has 180 valence electrons. The van der Waals surface area contributed by atoms with Crippen molar-refractivity contribution in [2.75, 3.05) is 38.1 Å². The van der Waals surface area contributed by atoms with Crippen LogP contribution in [0, 0.1) is 29.6 Å². The first kappa shape index (κ1) is 23.6. The van der Waals surface area contributed by atoms with E-state index in [4.69, 9.17) is 9.68 Å². The van der Waals surface area contributed by atoms with Crippen LogP contribution in [0.3, 0.4) is 0 Å². The van der Waals surface area contributed by atoms with Crippen LogP contribution in [0.25, 0.3) is 0 Å². The van der Waals surface area contributed by atoms with Crippen molar-refractivity contribution in [1.29, 1.82) is 5.26 Å². The van der Waals surface area contributed by atoms with Crippen LogP contribution in [0.4, 0.5) is 18.9 Å². The largest absolute Gasteiger partial charge is 0.438 e. The van der Waals surface area contributed by atoms with Crippen LogP contribution in [0.5, 0.6) is 0 Å². The number of benzene rings is 1. The summed E-state index contributed by atoms with van der Waals surface area (Å²) < 4.78 is 45.4. The number of carbonyl (C=O) groups excluding carboxylic acids is 2. The molecule has 1 aromatic carbocycles. The summed E-state index contributed by atoms with van der Waals surface area (Å²) >= 11 is 0. The number of oxazole rings is 1.